The molecule has 2 aliphatic rings. The van der Waals surface area contributed by atoms with Gasteiger partial charge in [-0.05, 0) is 73.5 Å². The third-order valence-corrected chi connectivity index (χ3v) is 8.53. The average molecular weight is 545 g/mol. The number of ether oxygens (including phenoxy) is 4. The van der Waals surface area contributed by atoms with Gasteiger partial charge in [-0.3, -0.25) is 0 Å². The van der Waals surface area contributed by atoms with Gasteiger partial charge in [0.25, 0.3) is 0 Å². The highest BCUT2D eigenvalue weighted by Gasteiger charge is 2.46. The molecular weight excluding hydrogens is 492 g/mol. The van der Waals surface area contributed by atoms with Crippen LogP contribution >= 0.6 is 0 Å². The number of hydrogen-bond acceptors (Lipinski definition) is 6. The lowest BCUT2D eigenvalue weighted by Gasteiger charge is -2.46. The average Bonchev–Trinajstić information content (AvgIpc) is 2.86. The Hall–Kier alpha value is -2.02. The minimum absolute atomic E-state index is 0.0313. The Balaban J connectivity index is 1.83. The van der Waals surface area contributed by atoms with Gasteiger partial charge < -0.3 is 29.2 Å². The van der Waals surface area contributed by atoms with Crippen molar-refractivity contribution < 1.29 is 29.2 Å². The van der Waals surface area contributed by atoms with Gasteiger partial charge in [0.05, 0.1) is 13.2 Å². The fourth-order valence-corrected chi connectivity index (χ4v) is 5.92. The minimum Gasteiger partial charge on any atom is -0.486 e. The van der Waals surface area contributed by atoms with Crippen molar-refractivity contribution in [2.75, 3.05) is 20.3 Å². The molecule has 2 aliphatic carbocycles. The summed E-state index contributed by atoms with van der Waals surface area (Å²) < 4.78 is 25.0. The molecule has 0 aromatic heterocycles. The molecule has 0 amide bonds. The zero-order chi connectivity index (χ0) is 28.8. The van der Waals surface area contributed by atoms with Gasteiger partial charge in [-0.25, -0.2) is 0 Å². The zero-order valence-electron chi connectivity index (χ0n) is 25.5. The van der Waals surface area contributed by atoms with Gasteiger partial charge in [0, 0.05) is 18.1 Å². The minimum atomic E-state index is -0.994. The Morgan fingerprint density at radius 1 is 0.974 bits per heavy atom. The number of aliphatic hydroxyl groups is 2. The molecule has 2 N–H and O–H groups in total. The van der Waals surface area contributed by atoms with Crippen LogP contribution in [-0.2, 0) is 9.47 Å². The lowest BCUT2D eigenvalue weighted by atomic mass is 9.63. The second-order valence-electron chi connectivity index (χ2n) is 13.2. The quantitative estimate of drug-likeness (QED) is 0.275. The summed E-state index contributed by atoms with van der Waals surface area (Å²) in [6.07, 6.45) is 6.28. The molecule has 6 heteroatoms. The third-order valence-electron chi connectivity index (χ3n) is 8.53. The first kappa shape index (κ1) is 31.5. The van der Waals surface area contributed by atoms with E-state index in [9.17, 15) is 10.2 Å². The fourth-order valence-electron chi connectivity index (χ4n) is 5.92. The van der Waals surface area contributed by atoms with Crippen LogP contribution in [0.15, 0.2) is 47.2 Å². The second kappa shape index (κ2) is 13.6. The summed E-state index contributed by atoms with van der Waals surface area (Å²) in [5.41, 5.74) is 1.28. The molecule has 0 radical (unpaired) electrons. The van der Waals surface area contributed by atoms with Crippen LogP contribution in [0.3, 0.4) is 0 Å². The highest BCUT2D eigenvalue weighted by molar-refractivity contribution is 5.40. The van der Waals surface area contributed by atoms with Crippen molar-refractivity contribution in [3.63, 3.8) is 0 Å². The molecule has 5 atom stereocenters. The van der Waals surface area contributed by atoms with Crippen molar-refractivity contribution in [2.45, 2.75) is 105 Å². The maximum absolute atomic E-state index is 11.4. The maximum atomic E-state index is 11.4. The van der Waals surface area contributed by atoms with Crippen LogP contribution in [0.2, 0.25) is 0 Å². The van der Waals surface area contributed by atoms with Gasteiger partial charge in [-0.15, -0.1) is 0 Å². The molecule has 1 fully saturated rings. The van der Waals surface area contributed by atoms with Gasteiger partial charge in [0.15, 0.2) is 11.5 Å². The number of methoxy groups -OCH3 is 1. The smallest absolute Gasteiger partial charge is 0.203 e. The van der Waals surface area contributed by atoms with E-state index >= 15 is 0 Å². The van der Waals surface area contributed by atoms with E-state index in [0.29, 0.717) is 29.9 Å². The number of hydrogen-bond donors (Lipinski definition) is 2. The predicted molar refractivity (Wildman–Crippen MR) is 156 cm³/mol. The molecule has 0 bridgehead atoms. The van der Waals surface area contributed by atoms with Crippen LogP contribution < -0.4 is 9.47 Å². The van der Waals surface area contributed by atoms with E-state index in [4.69, 9.17) is 18.9 Å². The second-order valence-corrected chi connectivity index (χ2v) is 13.2. The molecule has 0 heterocycles. The van der Waals surface area contributed by atoms with Crippen molar-refractivity contribution >= 4 is 0 Å². The first-order valence-electron chi connectivity index (χ1n) is 14.7. The summed E-state index contributed by atoms with van der Waals surface area (Å²) in [5, 5.41) is 21.5. The molecular formula is C33H52O6. The Bertz CT molecular complexity index is 990. The number of benzene rings is 1. The molecule has 6 nitrogen and oxygen atoms in total. The molecule has 0 spiro atoms. The molecule has 1 aromatic carbocycles. The standard InChI is InChI=1S/C33H52O6/c1-22(2)19-33(7,32(4,5)6)31(35)39-29-16-12-10-14-27(29)37-26-13-9-11-15-28(26)38-30-24(20-34)17-23(3)18-25(30)21-36-8/h10,12,14,16,18,22-23,26,28,31,34-35H,9,11,13,15,17,19-21H2,1-8H3. The zero-order valence-corrected chi connectivity index (χ0v) is 25.5. The topological polar surface area (TPSA) is 77.4 Å². The van der Waals surface area contributed by atoms with Crippen LogP contribution in [0.1, 0.15) is 87.0 Å². The van der Waals surface area contributed by atoms with Crippen LogP contribution in [0, 0.1) is 22.7 Å². The fraction of sp³-hybridized carbons (Fsp3) is 0.697. The maximum Gasteiger partial charge on any atom is 0.203 e. The van der Waals surface area contributed by atoms with Gasteiger partial charge in [0.2, 0.25) is 6.29 Å². The molecule has 1 aromatic rings. The molecule has 0 saturated heterocycles. The van der Waals surface area contributed by atoms with Crippen LogP contribution in [0.5, 0.6) is 11.5 Å². The van der Waals surface area contributed by atoms with Crippen LogP contribution in [0.25, 0.3) is 0 Å². The van der Waals surface area contributed by atoms with E-state index in [1.54, 1.807) is 7.11 Å². The number of para-hydroxylation sites is 2. The van der Waals surface area contributed by atoms with Gasteiger partial charge in [-0.2, -0.15) is 0 Å². The molecule has 39 heavy (non-hydrogen) atoms. The molecule has 5 unspecified atom stereocenters. The Morgan fingerprint density at radius 3 is 2.15 bits per heavy atom. The van der Waals surface area contributed by atoms with E-state index in [1.807, 2.05) is 24.3 Å². The summed E-state index contributed by atoms with van der Waals surface area (Å²) in [6.45, 7) is 15.5. The molecule has 3 rings (SSSR count). The number of aliphatic hydroxyl groups excluding tert-OH is 2. The SMILES string of the molecule is COCC1=CC(C)CC(CO)=C1OC1CCCCC1Oc1ccccc1OC(O)C(C)(CC(C)C)C(C)(C)C. The van der Waals surface area contributed by atoms with Crippen molar-refractivity contribution in [1.82, 2.24) is 0 Å². The van der Waals surface area contributed by atoms with E-state index in [1.165, 1.54) is 0 Å². The normalized spacial score (nSPS) is 24.7. The summed E-state index contributed by atoms with van der Waals surface area (Å²) >= 11 is 0. The predicted octanol–water partition coefficient (Wildman–Crippen LogP) is 7.05. The summed E-state index contributed by atoms with van der Waals surface area (Å²) in [6, 6.07) is 7.61. The van der Waals surface area contributed by atoms with E-state index in [-0.39, 0.29) is 24.2 Å². The summed E-state index contributed by atoms with van der Waals surface area (Å²) in [5.74, 6) is 2.65. The summed E-state index contributed by atoms with van der Waals surface area (Å²) in [4.78, 5) is 0. The lowest BCUT2D eigenvalue weighted by molar-refractivity contribution is -0.161. The van der Waals surface area contributed by atoms with E-state index < -0.39 is 11.7 Å². The van der Waals surface area contributed by atoms with Crippen molar-refractivity contribution in [3.8, 4) is 11.5 Å². The van der Waals surface area contributed by atoms with Gasteiger partial charge in [-0.1, -0.05) is 66.7 Å². The molecule has 1 saturated carbocycles. The van der Waals surface area contributed by atoms with Gasteiger partial charge in [0.1, 0.15) is 18.0 Å². The number of allylic oxidation sites excluding steroid dienone is 1. The van der Waals surface area contributed by atoms with Crippen LogP contribution in [0.4, 0.5) is 0 Å². The van der Waals surface area contributed by atoms with Crippen molar-refractivity contribution in [2.24, 2.45) is 22.7 Å². The van der Waals surface area contributed by atoms with Crippen LogP contribution in [-0.4, -0.2) is 49.0 Å². The first-order chi connectivity index (χ1) is 18.4. The Labute approximate surface area is 236 Å². The Morgan fingerprint density at radius 2 is 1.59 bits per heavy atom. The van der Waals surface area contributed by atoms with E-state index in [2.05, 4.69) is 54.5 Å². The monoisotopic (exact) mass is 544 g/mol. The lowest BCUT2D eigenvalue weighted by Crippen LogP contribution is -2.47. The highest BCUT2D eigenvalue weighted by atomic mass is 16.6. The highest BCUT2D eigenvalue weighted by Crippen LogP contribution is 2.47. The van der Waals surface area contributed by atoms with Gasteiger partial charge >= 0.3 is 0 Å². The van der Waals surface area contributed by atoms with Crippen molar-refractivity contribution in [1.29, 1.82) is 0 Å². The summed E-state index contributed by atoms with van der Waals surface area (Å²) in [7, 11) is 1.68. The first-order valence-corrected chi connectivity index (χ1v) is 14.7. The number of rotatable bonds is 12. The molecule has 220 valence electrons. The Kier molecular flexibility index (Phi) is 11.0. The third kappa shape index (κ3) is 7.80. The van der Waals surface area contributed by atoms with Crippen molar-refractivity contribution in [3.05, 3.63) is 47.2 Å². The molecule has 0 aliphatic heterocycles. The van der Waals surface area contributed by atoms with E-state index in [0.717, 1.165) is 55.4 Å². The largest absolute Gasteiger partial charge is 0.486 e.